The minimum atomic E-state index is -0.178. The minimum absolute atomic E-state index is 0.0270. The number of Topliss-reactive ketones (excluding diaryl/α,β-unsaturated/α-hetero) is 1. The lowest BCUT2D eigenvalue weighted by atomic mass is 10.0. The number of nitrogens with one attached hydrogen (secondary N) is 2. The van der Waals surface area contributed by atoms with Crippen LogP contribution in [0.25, 0.3) is 22.4 Å². The Labute approximate surface area is 181 Å². The van der Waals surface area contributed by atoms with Crippen molar-refractivity contribution in [3.05, 3.63) is 82.9 Å². The molecule has 31 heavy (non-hydrogen) atoms. The van der Waals surface area contributed by atoms with Crippen LogP contribution in [0.4, 0.5) is 5.69 Å². The number of hydrogen-bond acceptors (Lipinski definition) is 3. The highest BCUT2D eigenvalue weighted by Gasteiger charge is 2.11. The van der Waals surface area contributed by atoms with Crippen LogP contribution in [0.15, 0.2) is 60.7 Å². The van der Waals surface area contributed by atoms with E-state index < -0.39 is 0 Å². The third kappa shape index (κ3) is 4.72. The summed E-state index contributed by atoms with van der Waals surface area (Å²) in [6, 6.07) is 19.1. The third-order valence-corrected chi connectivity index (χ3v) is 5.49. The van der Waals surface area contributed by atoms with Crippen LogP contribution in [0.1, 0.15) is 39.9 Å². The van der Waals surface area contributed by atoms with Crippen LogP contribution in [-0.2, 0) is 4.79 Å². The van der Waals surface area contributed by atoms with Gasteiger partial charge in [0.25, 0.3) is 0 Å². The number of ketones is 1. The minimum Gasteiger partial charge on any atom is -0.338 e. The first-order valence-corrected chi connectivity index (χ1v) is 10.4. The second-order valence-corrected chi connectivity index (χ2v) is 7.95. The number of carbonyl (C=O) groups is 2. The van der Waals surface area contributed by atoms with Gasteiger partial charge < -0.3 is 10.3 Å². The van der Waals surface area contributed by atoms with Crippen molar-refractivity contribution in [2.45, 2.75) is 33.6 Å². The molecule has 1 amide bonds. The van der Waals surface area contributed by atoms with Crippen molar-refractivity contribution in [1.29, 1.82) is 0 Å². The van der Waals surface area contributed by atoms with E-state index in [9.17, 15) is 9.59 Å². The van der Waals surface area contributed by atoms with E-state index >= 15 is 0 Å². The molecule has 0 aliphatic carbocycles. The van der Waals surface area contributed by atoms with Gasteiger partial charge in [-0.05, 0) is 68.3 Å². The first kappa shape index (κ1) is 20.5. The van der Waals surface area contributed by atoms with Gasteiger partial charge in [-0.1, -0.05) is 29.8 Å². The Kier molecular flexibility index (Phi) is 5.67. The van der Waals surface area contributed by atoms with E-state index in [2.05, 4.69) is 41.3 Å². The second kappa shape index (κ2) is 8.56. The molecule has 1 aromatic heterocycles. The molecule has 0 spiro atoms. The van der Waals surface area contributed by atoms with Gasteiger partial charge >= 0.3 is 0 Å². The number of imidazole rings is 1. The normalized spacial score (nSPS) is 10.9. The number of aromatic nitrogens is 2. The van der Waals surface area contributed by atoms with E-state index in [1.165, 1.54) is 11.1 Å². The Bertz CT molecular complexity index is 1210. The highest BCUT2D eigenvalue weighted by atomic mass is 16.2. The van der Waals surface area contributed by atoms with Crippen LogP contribution in [0.5, 0.6) is 0 Å². The van der Waals surface area contributed by atoms with Crippen LogP contribution in [0.3, 0.4) is 0 Å². The quantitative estimate of drug-likeness (QED) is 0.396. The number of aryl methyl sites for hydroxylation is 3. The zero-order valence-electron chi connectivity index (χ0n) is 18.0. The largest absolute Gasteiger partial charge is 0.338 e. The Balaban J connectivity index is 1.37. The number of hydrogen-bond donors (Lipinski definition) is 2. The smallest absolute Gasteiger partial charge is 0.224 e. The number of anilines is 1. The second-order valence-electron chi connectivity index (χ2n) is 7.95. The summed E-state index contributed by atoms with van der Waals surface area (Å²) in [5.41, 5.74) is 7.76. The molecule has 4 aromatic rings. The molecule has 1 heterocycles. The standard InChI is InChI=1S/C26H25N3O2/c1-16-4-6-19(7-5-16)24(30)12-13-25(31)27-21-10-8-20(9-11-21)26-28-22-14-17(2)18(3)15-23(22)29-26/h4-11,14-15H,12-13H2,1-3H3,(H,27,31)(H,28,29). The molecule has 0 unspecified atom stereocenters. The summed E-state index contributed by atoms with van der Waals surface area (Å²) < 4.78 is 0. The van der Waals surface area contributed by atoms with Gasteiger partial charge in [-0.15, -0.1) is 0 Å². The SMILES string of the molecule is Cc1ccc(C(=O)CCC(=O)Nc2ccc(-c3nc4cc(C)c(C)cc4[nH]3)cc2)cc1. The number of H-pyrrole nitrogens is 1. The van der Waals surface area contributed by atoms with Crippen LogP contribution in [0.2, 0.25) is 0 Å². The molecule has 3 aromatic carbocycles. The van der Waals surface area contributed by atoms with Crippen molar-refractivity contribution in [2.75, 3.05) is 5.32 Å². The van der Waals surface area contributed by atoms with Crippen LogP contribution < -0.4 is 5.32 Å². The van der Waals surface area contributed by atoms with Crippen LogP contribution in [-0.4, -0.2) is 21.7 Å². The monoisotopic (exact) mass is 411 g/mol. The van der Waals surface area contributed by atoms with Gasteiger partial charge in [-0.3, -0.25) is 9.59 Å². The summed E-state index contributed by atoms with van der Waals surface area (Å²) in [6.07, 6.45) is 0.335. The lowest BCUT2D eigenvalue weighted by Gasteiger charge is -2.06. The Hall–Kier alpha value is -3.73. The molecule has 0 radical (unpaired) electrons. The molecule has 5 heteroatoms. The number of carbonyl (C=O) groups excluding carboxylic acids is 2. The molecule has 0 aliphatic rings. The Morgan fingerprint density at radius 1 is 0.871 bits per heavy atom. The number of rotatable bonds is 6. The number of fused-ring (bicyclic) bond motifs is 1. The van der Waals surface area contributed by atoms with Crippen molar-refractivity contribution >= 4 is 28.4 Å². The molecule has 0 bridgehead atoms. The zero-order valence-corrected chi connectivity index (χ0v) is 18.0. The maximum absolute atomic E-state index is 12.3. The lowest BCUT2D eigenvalue weighted by molar-refractivity contribution is -0.116. The fourth-order valence-corrected chi connectivity index (χ4v) is 3.45. The third-order valence-electron chi connectivity index (χ3n) is 5.49. The summed E-state index contributed by atoms with van der Waals surface area (Å²) in [7, 11) is 0. The maximum Gasteiger partial charge on any atom is 0.224 e. The van der Waals surface area contributed by atoms with E-state index in [1.54, 1.807) is 12.1 Å². The molecule has 2 N–H and O–H groups in total. The van der Waals surface area contributed by atoms with E-state index in [0.717, 1.165) is 28.0 Å². The van der Waals surface area contributed by atoms with Gasteiger partial charge in [0, 0.05) is 29.7 Å². The summed E-state index contributed by atoms with van der Waals surface area (Å²) in [5, 5.41) is 2.86. The van der Waals surface area contributed by atoms with Crippen LogP contribution >= 0.6 is 0 Å². The molecular formula is C26H25N3O2. The molecule has 156 valence electrons. The van der Waals surface area contributed by atoms with Gasteiger partial charge in [0.1, 0.15) is 5.82 Å². The maximum atomic E-state index is 12.3. The highest BCUT2D eigenvalue weighted by Crippen LogP contribution is 2.24. The van der Waals surface area contributed by atoms with Gasteiger partial charge in [-0.25, -0.2) is 4.98 Å². The van der Waals surface area contributed by atoms with Gasteiger partial charge in [0.15, 0.2) is 5.78 Å². The van der Waals surface area contributed by atoms with Crippen LogP contribution in [0, 0.1) is 20.8 Å². The topological polar surface area (TPSA) is 74.8 Å². The van der Waals surface area contributed by atoms with E-state index in [0.29, 0.717) is 11.3 Å². The van der Waals surface area contributed by atoms with E-state index in [-0.39, 0.29) is 24.5 Å². The summed E-state index contributed by atoms with van der Waals surface area (Å²) in [4.78, 5) is 32.5. The first-order chi connectivity index (χ1) is 14.9. The number of nitrogens with zero attached hydrogens (tertiary/aromatic N) is 1. The number of benzene rings is 3. The molecule has 4 rings (SSSR count). The van der Waals surface area contributed by atoms with Crippen molar-refractivity contribution < 1.29 is 9.59 Å². The van der Waals surface area contributed by atoms with Crippen molar-refractivity contribution in [2.24, 2.45) is 0 Å². The predicted molar refractivity (Wildman–Crippen MR) is 124 cm³/mol. The molecule has 0 atom stereocenters. The molecule has 0 saturated carbocycles. The average Bonchev–Trinajstić information content (AvgIpc) is 3.16. The zero-order chi connectivity index (χ0) is 22.0. The molecule has 0 fully saturated rings. The van der Waals surface area contributed by atoms with E-state index in [1.807, 2.05) is 43.3 Å². The average molecular weight is 412 g/mol. The highest BCUT2D eigenvalue weighted by molar-refractivity contribution is 6.00. The first-order valence-electron chi connectivity index (χ1n) is 10.4. The molecule has 5 nitrogen and oxygen atoms in total. The molecule has 0 aliphatic heterocycles. The summed E-state index contributed by atoms with van der Waals surface area (Å²) in [5.74, 6) is 0.588. The van der Waals surface area contributed by atoms with E-state index in [4.69, 9.17) is 0 Å². The lowest BCUT2D eigenvalue weighted by Crippen LogP contribution is -2.13. The fraction of sp³-hybridized carbons (Fsp3) is 0.192. The molecular weight excluding hydrogens is 386 g/mol. The summed E-state index contributed by atoms with van der Waals surface area (Å²) >= 11 is 0. The predicted octanol–water partition coefficient (Wildman–Crippen LogP) is 5.76. The van der Waals surface area contributed by atoms with Crippen molar-refractivity contribution in [1.82, 2.24) is 9.97 Å². The Morgan fingerprint density at radius 2 is 1.55 bits per heavy atom. The van der Waals surface area contributed by atoms with Gasteiger partial charge in [0.05, 0.1) is 11.0 Å². The van der Waals surface area contributed by atoms with Gasteiger partial charge in [0.2, 0.25) is 5.91 Å². The summed E-state index contributed by atoms with van der Waals surface area (Å²) in [6.45, 7) is 6.14. The number of aromatic amines is 1. The van der Waals surface area contributed by atoms with Crippen molar-refractivity contribution in [3.8, 4) is 11.4 Å². The van der Waals surface area contributed by atoms with Gasteiger partial charge in [-0.2, -0.15) is 0 Å². The van der Waals surface area contributed by atoms with Crippen molar-refractivity contribution in [3.63, 3.8) is 0 Å². The Morgan fingerprint density at radius 3 is 2.26 bits per heavy atom. The number of amides is 1. The molecule has 0 saturated heterocycles. The fourth-order valence-electron chi connectivity index (χ4n) is 3.45.